The lowest BCUT2D eigenvalue weighted by atomic mass is 9.98. The number of hydrogen-bond acceptors (Lipinski definition) is 2. The SMILES string of the molecule is CCCCCCCCCOC(C)(C)Cc1ccc(O)cc1. The van der Waals surface area contributed by atoms with E-state index in [0.29, 0.717) is 5.75 Å². The third kappa shape index (κ3) is 8.77. The molecule has 0 aromatic heterocycles. The molecule has 0 fully saturated rings. The molecule has 1 aromatic carbocycles. The molecule has 0 radical (unpaired) electrons. The Labute approximate surface area is 130 Å². The lowest BCUT2D eigenvalue weighted by Gasteiger charge is -2.25. The molecule has 1 aromatic rings. The van der Waals surface area contributed by atoms with Crippen LogP contribution in [-0.4, -0.2) is 17.3 Å². The second-order valence-corrected chi connectivity index (χ2v) is 6.57. The third-order valence-corrected chi connectivity index (χ3v) is 3.81. The van der Waals surface area contributed by atoms with Gasteiger partial charge in [-0.2, -0.15) is 0 Å². The van der Waals surface area contributed by atoms with E-state index in [4.69, 9.17) is 4.74 Å². The summed E-state index contributed by atoms with van der Waals surface area (Å²) in [5.41, 5.74) is 1.07. The number of hydrogen-bond donors (Lipinski definition) is 1. The number of benzene rings is 1. The molecular weight excluding hydrogens is 260 g/mol. The van der Waals surface area contributed by atoms with Gasteiger partial charge in [0.1, 0.15) is 5.75 Å². The third-order valence-electron chi connectivity index (χ3n) is 3.81. The normalized spacial score (nSPS) is 11.8. The molecule has 0 heterocycles. The summed E-state index contributed by atoms with van der Waals surface area (Å²) >= 11 is 0. The molecule has 0 atom stereocenters. The highest BCUT2D eigenvalue weighted by Gasteiger charge is 2.18. The van der Waals surface area contributed by atoms with Crippen molar-refractivity contribution in [2.24, 2.45) is 0 Å². The molecule has 21 heavy (non-hydrogen) atoms. The van der Waals surface area contributed by atoms with Crippen molar-refractivity contribution in [2.45, 2.75) is 77.7 Å². The summed E-state index contributed by atoms with van der Waals surface area (Å²) in [5.74, 6) is 0.320. The number of ether oxygens (including phenoxy) is 1. The van der Waals surface area contributed by atoms with E-state index in [1.165, 1.54) is 44.1 Å². The predicted molar refractivity (Wildman–Crippen MR) is 89.8 cm³/mol. The maximum Gasteiger partial charge on any atom is 0.115 e. The molecular formula is C19H32O2. The topological polar surface area (TPSA) is 29.5 Å². The Balaban J connectivity index is 2.13. The van der Waals surface area contributed by atoms with Crippen molar-refractivity contribution in [2.75, 3.05) is 6.61 Å². The van der Waals surface area contributed by atoms with Gasteiger partial charge in [0.25, 0.3) is 0 Å². The highest BCUT2D eigenvalue weighted by Crippen LogP contribution is 2.19. The second-order valence-electron chi connectivity index (χ2n) is 6.57. The molecule has 0 aliphatic rings. The quantitative estimate of drug-likeness (QED) is 0.547. The smallest absolute Gasteiger partial charge is 0.115 e. The highest BCUT2D eigenvalue weighted by atomic mass is 16.5. The van der Waals surface area contributed by atoms with Gasteiger partial charge in [0.15, 0.2) is 0 Å². The van der Waals surface area contributed by atoms with E-state index in [1.807, 2.05) is 12.1 Å². The summed E-state index contributed by atoms with van der Waals surface area (Å²) in [5, 5.41) is 9.30. The average molecular weight is 292 g/mol. The molecule has 2 nitrogen and oxygen atoms in total. The van der Waals surface area contributed by atoms with E-state index in [1.54, 1.807) is 12.1 Å². The monoisotopic (exact) mass is 292 g/mol. The Bertz CT molecular complexity index is 368. The van der Waals surface area contributed by atoms with Crippen LogP contribution in [0.5, 0.6) is 5.75 Å². The van der Waals surface area contributed by atoms with Crippen molar-refractivity contribution in [3.05, 3.63) is 29.8 Å². The summed E-state index contributed by atoms with van der Waals surface area (Å²) in [4.78, 5) is 0. The standard InChI is InChI=1S/C19H32O2/c1-4-5-6-7-8-9-10-15-21-19(2,3)16-17-11-13-18(20)14-12-17/h11-14,20H,4-10,15-16H2,1-3H3. The van der Waals surface area contributed by atoms with Gasteiger partial charge in [-0.3, -0.25) is 0 Å². The number of phenols is 1. The van der Waals surface area contributed by atoms with Crippen molar-refractivity contribution < 1.29 is 9.84 Å². The Kier molecular flexibility index (Phi) is 8.44. The van der Waals surface area contributed by atoms with Gasteiger partial charge >= 0.3 is 0 Å². The van der Waals surface area contributed by atoms with Gasteiger partial charge < -0.3 is 9.84 Å². The van der Waals surface area contributed by atoms with Crippen LogP contribution in [0.2, 0.25) is 0 Å². The zero-order chi connectivity index (χ0) is 15.6. The van der Waals surface area contributed by atoms with E-state index in [2.05, 4.69) is 20.8 Å². The molecule has 0 aliphatic heterocycles. The van der Waals surface area contributed by atoms with E-state index < -0.39 is 0 Å². The van der Waals surface area contributed by atoms with E-state index in [9.17, 15) is 5.11 Å². The largest absolute Gasteiger partial charge is 0.508 e. The number of unbranched alkanes of at least 4 members (excludes halogenated alkanes) is 6. The van der Waals surface area contributed by atoms with Gasteiger partial charge in [-0.15, -0.1) is 0 Å². The van der Waals surface area contributed by atoms with Crippen molar-refractivity contribution in [1.29, 1.82) is 0 Å². The Hall–Kier alpha value is -1.02. The maximum atomic E-state index is 9.30. The van der Waals surface area contributed by atoms with Gasteiger partial charge in [-0.05, 0) is 38.0 Å². The van der Waals surface area contributed by atoms with Crippen LogP contribution in [0.15, 0.2) is 24.3 Å². The molecule has 0 saturated heterocycles. The van der Waals surface area contributed by atoms with Crippen LogP contribution < -0.4 is 0 Å². The van der Waals surface area contributed by atoms with Gasteiger partial charge in [0, 0.05) is 13.0 Å². The van der Waals surface area contributed by atoms with Crippen LogP contribution in [0.1, 0.15) is 71.3 Å². The fraction of sp³-hybridized carbons (Fsp3) is 0.684. The molecule has 2 heteroatoms. The van der Waals surface area contributed by atoms with Gasteiger partial charge in [-0.25, -0.2) is 0 Å². The van der Waals surface area contributed by atoms with Crippen molar-refractivity contribution >= 4 is 0 Å². The molecule has 120 valence electrons. The van der Waals surface area contributed by atoms with Gasteiger partial charge in [-0.1, -0.05) is 57.6 Å². The Morgan fingerprint density at radius 2 is 1.48 bits per heavy atom. The minimum Gasteiger partial charge on any atom is -0.508 e. The first-order valence-corrected chi connectivity index (χ1v) is 8.45. The van der Waals surface area contributed by atoms with Crippen molar-refractivity contribution in [3.63, 3.8) is 0 Å². The van der Waals surface area contributed by atoms with Crippen LogP contribution in [0, 0.1) is 0 Å². The summed E-state index contributed by atoms with van der Waals surface area (Å²) in [6, 6.07) is 7.41. The minimum atomic E-state index is -0.140. The molecule has 0 aliphatic carbocycles. The summed E-state index contributed by atoms with van der Waals surface area (Å²) in [7, 11) is 0. The molecule has 1 rings (SSSR count). The van der Waals surface area contributed by atoms with E-state index in [0.717, 1.165) is 19.4 Å². The molecule has 0 amide bonds. The number of aromatic hydroxyl groups is 1. The Morgan fingerprint density at radius 1 is 0.905 bits per heavy atom. The zero-order valence-corrected chi connectivity index (χ0v) is 14.0. The molecule has 0 spiro atoms. The van der Waals surface area contributed by atoms with Gasteiger partial charge in [0.2, 0.25) is 0 Å². The maximum absolute atomic E-state index is 9.30. The zero-order valence-electron chi connectivity index (χ0n) is 14.0. The van der Waals surface area contributed by atoms with Crippen LogP contribution in [0.25, 0.3) is 0 Å². The van der Waals surface area contributed by atoms with E-state index in [-0.39, 0.29) is 5.60 Å². The molecule has 0 saturated carbocycles. The van der Waals surface area contributed by atoms with Crippen LogP contribution in [-0.2, 0) is 11.2 Å². The highest BCUT2D eigenvalue weighted by molar-refractivity contribution is 5.26. The Morgan fingerprint density at radius 3 is 2.10 bits per heavy atom. The number of rotatable bonds is 11. The van der Waals surface area contributed by atoms with Crippen molar-refractivity contribution in [1.82, 2.24) is 0 Å². The fourth-order valence-corrected chi connectivity index (χ4v) is 2.56. The first-order valence-electron chi connectivity index (χ1n) is 8.45. The first-order chi connectivity index (χ1) is 10.0. The summed E-state index contributed by atoms with van der Waals surface area (Å²) in [6.45, 7) is 7.38. The van der Waals surface area contributed by atoms with E-state index >= 15 is 0 Å². The summed E-state index contributed by atoms with van der Waals surface area (Å²) in [6.07, 6.45) is 10.1. The van der Waals surface area contributed by atoms with Gasteiger partial charge in [0.05, 0.1) is 5.60 Å². The second kappa shape index (κ2) is 9.83. The lowest BCUT2D eigenvalue weighted by molar-refractivity contribution is -0.0187. The van der Waals surface area contributed by atoms with Crippen LogP contribution in [0.3, 0.4) is 0 Å². The van der Waals surface area contributed by atoms with Crippen LogP contribution >= 0.6 is 0 Å². The predicted octanol–water partition coefficient (Wildman–Crippen LogP) is 5.48. The minimum absolute atomic E-state index is 0.140. The van der Waals surface area contributed by atoms with Crippen LogP contribution in [0.4, 0.5) is 0 Å². The fourth-order valence-electron chi connectivity index (χ4n) is 2.56. The molecule has 0 unspecified atom stereocenters. The molecule has 0 bridgehead atoms. The first kappa shape index (κ1) is 18.0. The summed E-state index contributed by atoms with van der Waals surface area (Å²) < 4.78 is 6.03. The van der Waals surface area contributed by atoms with Crippen molar-refractivity contribution in [3.8, 4) is 5.75 Å². The average Bonchev–Trinajstić information content (AvgIpc) is 2.44. The molecule has 1 N–H and O–H groups in total. The number of phenolic OH excluding ortho intramolecular Hbond substituents is 1. The lowest BCUT2D eigenvalue weighted by Crippen LogP contribution is -2.27.